The highest BCUT2D eigenvalue weighted by Gasteiger charge is 2.11. The van der Waals surface area contributed by atoms with E-state index in [-0.39, 0.29) is 17.1 Å². The van der Waals surface area contributed by atoms with Gasteiger partial charge in [-0.25, -0.2) is 4.79 Å². The van der Waals surface area contributed by atoms with Gasteiger partial charge < -0.3 is 10.1 Å². The molecule has 1 aromatic rings. The first kappa shape index (κ1) is 17.4. The topological polar surface area (TPSA) is 67.4 Å². The van der Waals surface area contributed by atoms with E-state index in [9.17, 15) is 9.59 Å². The van der Waals surface area contributed by atoms with Crippen LogP contribution >= 0.6 is 11.8 Å². The number of hydrogen-bond acceptors (Lipinski definition) is 4. The molecule has 0 radical (unpaired) electrons. The van der Waals surface area contributed by atoms with Crippen molar-refractivity contribution in [3.05, 3.63) is 24.3 Å². The minimum Gasteiger partial charge on any atom is -0.449 e. The Labute approximate surface area is 129 Å². The summed E-state index contributed by atoms with van der Waals surface area (Å²) in [5, 5.41) is 5.31. The van der Waals surface area contributed by atoms with Crippen LogP contribution in [-0.4, -0.2) is 30.1 Å². The zero-order valence-electron chi connectivity index (χ0n) is 12.8. The van der Waals surface area contributed by atoms with Crippen LogP contribution in [0.1, 0.15) is 20.8 Å². The van der Waals surface area contributed by atoms with E-state index in [0.717, 1.165) is 0 Å². The molecule has 6 heteroatoms. The van der Waals surface area contributed by atoms with Crippen molar-refractivity contribution in [1.29, 1.82) is 0 Å². The molecule has 1 unspecified atom stereocenters. The lowest BCUT2D eigenvalue weighted by Gasteiger charge is -2.12. The summed E-state index contributed by atoms with van der Waals surface area (Å²) < 4.78 is 5.04. The van der Waals surface area contributed by atoms with Gasteiger partial charge in [0.1, 0.15) is 0 Å². The second kappa shape index (κ2) is 8.56. The van der Waals surface area contributed by atoms with Crippen molar-refractivity contribution < 1.29 is 14.3 Å². The summed E-state index contributed by atoms with van der Waals surface area (Å²) in [6.45, 7) is 6.14. The number of nitrogens with one attached hydrogen (secondary N) is 2. The van der Waals surface area contributed by atoms with Crippen LogP contribution in [0.3, 0.4) is 0 Å². The van der Waals surface area contributed by atoms with Gasteiger partial charge in [0.25, 0.3) is 0 Å². The van der Waals surface area contributed by atoms with E-state index >= 15 is 0 Å². The van der Waals surface area contributed by atoms with Gasteiger partial charge in [0.15, 0.2) is 0 Å². The average Bonchev–Trinajstić information content (AvgIpc) is 2.44. The quantitative estimate of drug-likeness (QED) is 0.842. The number of ether oxygens (including phenoxy) is 1. The Morgan fingerprint density at radius 2 is 1.81 bits per heavy atom. The Morgan fingerprint density at radius 3 is 2.38 bits per heavy atom. The highest BCUT2D eigenvalue weighted by atomic mass is 32.2. The molecule has 0 bridgehead atoms. The summed E-state index contributed by atoms with van der Waals surface area (Å²) in [5.74, 6) is 0.219. The predicted octanol–water partition coefficient (Wildman–Crippen LogP) is 3.58. The third kappa shape index (κ3) is 6.53. The molecule has 0 aliphatic rings. The first-order valence-electron chi connectivity index (χ1n) is 6.80. The van der Waals surface area contributed by atoms with Crippen LogP contribution in [0.15, 0.2) is 24.3 Å². The number of carbonyl (C=O) groups is 2. The largest absolute Gasteiger partial charge is 0.449 e. The molecule has 2 amide bonds. The maximum absolute atomic E-state index is 11.8. The normalized spacial score (nSPS) is 11.9. The van der Waals surface area contributed by atoms with Gasteiger partial charge in [-0.05, 0) is 37.3 Å². The van der Waals surface area contributed by atoms with Crippen LogP contribution in [0, 0.1) is 5.92 Å². The van der Waals surface area contributed by atoms with Crippen LogP contribution in [0.2, 0.25) is 0 Å². The lowest BCUT2D eigenvalue weighted by atomic mass is 10.2. The van der Waals surface area contributed by atoms with Crippen LogP contribution in [-0.2, 0) is 9.53 Å². The zero-order valence-corrected chi connectivity index (χ0v) is 13.6. The Kier molecular flexibility index (Phi) is 7.08. The molecule has 0 aromatic heterocycles. The summed E-state index contributed by atoms with van der Waals surface area (Å²) in [6, 6.07) is 6.97. The van der Waals surface area contributed by atoms with Gasteiger partial charge in [0.2, 0.25) is 5.91 Å². The molecule has 0 aliphatic carbocycles. The molecule has 1 aromatic carbocycles. The van der Waals surface area contributed by atoms with Gasteiger partial charge in [-0.3, -0.25) is 10.1 Å². The summed E-state index contributed by atoms with van der Waals surface area (Å²) in [4.78, 5) is 23.4. The van der Waals surface area contributed by atoms with E-state index < -0.39 is 6.09 Å². The molecule has 0 fully saturated rings. The zero-order chi connectivity index (χ0) is 15.8. The lowest BCUT2D eigenvalue weighted by molar-refractivity contribution is -0.115. The molecule has 0 heterocycles. The molecule has 0 saturated carbocycles. The number of amides is 2. The Morgan fingerprint density at radius 1 is 1.19 bits per heavy atom. The Balaban J connectivity index is 2.60. The number of anilines is 2. The maximum Gasteiger partial charge on any atom is 0.411 e. The van der Waals surface area contributed by atoms with Crippen molar-refractivity contribution in [2.75, 3.05) is 23.5 Å². The lowest BCUT2D eigenvalue weighted by Crippen LogP contribution is -2.22. The highest BCUT2D eigenvalue weighted by molar-refractivity contribution is 7.99. The second-order valence-electron chi connectivity index (χ2n) is 5.07. The Bertz CT molecular complexity index is 492. The number of rotatable bonds is 6. The fraction of sp³-hybridized carbons (Fsp3) is 0.467. The number of benzene rings is 1. The fourth-order valence-corrected chi connectivity index (χ4v) is 1.69. The summed E-state index contributed by atoms with van der Waals surface area (Å²) in [6.07, 6.45) is 1.39. The van der Waals surface area contributed by atoms with Crippen LogP contribution in [0.5, 0.6) is 0 Å². The van der Waals surface area contributed by atoms with Crippen molar-refractivity contribution in [2.45, 2.75) is 26.0 Å². The van der Waals surface area contributed by atoms with Crippen molar-refractivity contribution >= 4 is 35.1 Å². The summed E-state index contributed by atoms with van der Waals surface area (Å²) in [7, 11) is 0. The van der Waals surface area contributed by atoms with Crippen LogP contribution in [0.4, 0.5) is 16.2 Å². The minimum absolute atomic E-state index is 0.0676. The SMILES string of the molecule is CSC(C)C(=O)Nc1cccc(NC(=O)OCC(C)C)c1. The summed E-state index contributed by atoms with van der Waals surface area (Å²) in [5.41, 5.74) is 1.22. The van der Waals surface area contributed by atoms with E-state index in [1.54, 1.807) is 24.3 Å². The van der Waals surface area contributed by atoms with Gasteiger partial charge >= 0.3 is 6.09 Å². The van der Waals surface area contributed by atoms with E-state index in [2.05, 4.69) is 10.6 Å². The van der Waals surface area contributed by atoms with Crippen molar-refractivity contribution in [2.24, 2.45) is 5.92 Å². The van der Waals surface area contributed by atoms with Crippen LogP contribution < -0.4 is 10.6 Å². The first-order chi connectivity index (χ1) is 9.92. The Hall–Kier alpha value is -1.69. The molecule has 0 aliphatic heterocycles. The van der Waals surface area contributed by atoms with E-state index in [4.69, 9.17) is 4.74 Å². The molecule has 0 saturated heterocycles. The van der Waals surface area contributed by atoms with Gasteiger partial charge in [0.05, 0.1) is 11.9 Å². The second-order valence-corrected chi connectivity index (χ2v) is 6.24. The molecular weight excluding hydrogens is 288 g/mol. The number of hydrogen-bond donors (Lipinski definition) is 2. The first-order valence-corrected chi connectivity index (χ1v) is 8.08. The van der Waals surface area contributed by atoms with E-state index in [1.807, 2.05) is 27.0 Å². The van der Waals surface area contributed by atoms with Crippen molar-refractivity contribution in [1.82, 2.24) is 0 Å². The third-order valence-corrected chi connectivity index (χ3v) is 3.57. The maximum atomic E-state index is 11.8. The minimum atomic E-state index is -0.496. The number of carbonyl (C=O) groups excluding carboxylic acids is 2. The van der Waals surface area contributed by atoms with Gasteiger partial charge in [-0.15, -0.1) is 0 Å². The average molecular weight is 310 g/mol. The smallest absolute Gasteiger partial charge is 0.411 e. The molecule has 1 rings (SSSR count). The highest BCUT2D eigenvalue weighted by Crippen LogP contribution is 2.17. The third-order valence-electron chi connectivity index (χ3n) is 2.65. The van der Waals surface area contributed by atoms with Crippen molar-refractivity contribution in [3.8, 4) is 0 Å². The molecule has 21 heavy (non-hydrogen) atoms. The predicted molar refractivity (Wildman–Crippen MR) is 87.9 cm³/mol. The fourth-order valence-electron chi connectivity index (χ4n) is 1.42. The molecular formula is C15H22N2O3S. The molecule has 5 nitrogen and oxygen atoms in total. The monoisotopic (exact) mass is 310 g/mol. The molecule has 116 valence electrons. The molecule has 0 spiro atoms. The standard InChI is InChI=1S/C15H22N2O3S/c1-10(2)9-20-15(19)17-13-7-5-6-12(8-13)16-14(18)11(3)21-4/h5-8,10-11H,9H2,1-4H3,(H,16,18)(H,17,19). The summed E-state index contributed by atoms with van der Waals surface area (Å²) >= 11 is 1.47. The van der Waals surface area contributed by atoms with E-state index in [0.29, 0.717) is 18.0 Å². The van der Waals surface area contributed by atoms with Gasteiger partial charge in [-0.2, -0.15) is 11.8 Å². The van der Waals surface area contributed by atoms with Gasteiger partial charge in [-0.1, -0.05) is 19.9 Å². The van der Waals surface area contributed by atoms with Gasteiger partial charge in [0, 0.05) is 11.4 Å². The number of thioether (sulfide) groups is 1. The van der Waals surface area contributed by atoms with Crippen LogP contribution in [0.25, 0.3) is 0 Å². The van der Waals surface area contributed by atoms with Crippen molar-refractivity contribution in [3.63, 3.8) is 0 Å². The molecule has 2 N–H and O–H groups in total. The molecule has 1 atom stereocenters. The van der Waals surface area contributed by atoms with E-state index in [1.165, 1.54) is 11.8 Å².